The summed E-state index contributed by atoms with van der Waals surface area (Å²) in [6, 6.07) is 12.7. The van der Waals surface area contributed by atoms with E-state index in [1.165, 1.54) is 11.8 Å². The Morgan fingerprint density at radius 2 is 1.97 bits per heavy atom. The highest BCUT2D eigenvalue weighted by Crippen LogP contribution is 2.31. The average Bonchev–Trinajstić information content (AvgIpc) is 2.82. The van der Waals surface area contributed by atoms with Gasteiger partial charge in [0.1, 0.15) is 13.2 Å². The van der Waals surface area contributed by atoms with E-state index >= 15 is 0 Å². The number of aromatic nitrogens is 2. The number of ether oxygens (including phenoxy) is 3. The predicted molar refractivity (Wildman–Crippen MR) is 127 cm³/mol. The van der Waals surface area contributed by atoms with Crippen molar-refractivity contribution >= 4 is 28.6 Å². The number of hydrogen-bond donors (Lipinski definition) is 0. The van der Waals surface area contributed by atoms with Gasteiger partial charge in [-0.2, -0.15) is 0 Å². The molecule has 0 aliphatic carbocycles. The van der Waals surface area contributed by atoms with Crippen LogP contribution in [0.2, 0.25) is 0 Å². The molecule has 174 valence electrons. The van der Waals surface area contributed by atoms with Crippen LogP contribution in [-0.2, 0) is 16.1 Å². The van der Waals surface area contributed by atoms with Gasteiger partial charge in [0.05, 0.1) is 29.3 Å². The molecule has 1 atom stereocenters. The van der Waals surface area contributed by atoms with Gasteiger partial charge in [-0.05, 0) is 36.8 Å². The number of nitrogens with zero attached hydrogens (tertiary/aromatic N) is 3. The zero-order valence-corrected chi connectivity index (χ0v) is 19.8. The van der Waals surface area contributed by atoms with Crippen molar-refractivity contribution in [3.8, 4) is 11.5 Å². The van der Waals surface area contributed by atoms with E-state index in [0.717, 1.165) is 11.3 Å². The highest BCUT2D eigenvalue weighted by atomic mass is 32.2. The van der Waals surface area contributed by atoms with Gasteiger partial charge >= 0.3 is 0 Å². The minimum absolute atomic E-state index is 0.0664. The van der Waals surface area contributed by atoms with Crippen LogP contribution in [0, 0.1) is 0 Å². The minimum Gasteiger partial charge on any atom is -0.486 e. The van der Waals surface area contributed by atoms with Crippen LogP contribution in [0.5, 0.6) is 11.5 Å². The van der Waals surface area contributed by atoms with Gasteiger partial charge in [0.2, 0.25) is 5.91 Å². The third-order valence-electron chi connectivity index (χ3n) is 5.40. The molecule has 0 saturated heterocycles. The zero-order chi connectivity index (χ0) is 23.4. The van der Waals surface area contributed by atoms with Crippen LogP contribution in [0.15, 0.2) is 52.4 Å². The van der Waals surface area contributed by atoms with E-state index in [0.29, 0.717) is 48.2 Å². The van der Waals surface area contributed by atoms with Gasteiger partial charge in [-0.15, -0.1) is 0 Å². The van der Waals surface area contributed by atoms with Gasteiger partial charge in [-0.1, -0.05) is 30.0 Å². The lowest BCUT2D eigenvalue weighted by molar-refractivity contribution is -0.127. The molecule has 4 rings (SSSR count). The number of amides is 1. The number of rotatable bonds is 8. The standard InChI is InChI=1S/C24H27N3O5S/c1-16(14-30-3)27-23(29)18-6-4-5-7-19(18)25-24(27)33-15-22(28)26(2)13-17-8-9-20-21(12-17)32-11-10-31-20/h4-9,12,16H,10-11,13-15H2,1-3H3/t16-/m0/s1. The number of thioether (sulfide) groups is 1. The molecule has 1 aromatic heterocycles. The van der Waals surface area contributed by atoms with Crippen LogP contribution in [-0.4, -0.2) is 60.1 Å². The maximum atomic E-state index is 13.1. The molecule has 33 heavy (non-hydrogen) atoms. The summed E-state index contributed by atoms with van der Waals surface area (Å²) in [6.07, 6.45) is 0. The van der Waals surface area contributed by atoms with Crippen molar-refractivity contribution < 1.29 is 19.0 Å². The first-order valence-corrected chi connectivity index (χ1v) is 11.7. The number of carbonyl (C=O) groups is 1. The number of benzene rings is 2. The first kappa shape index (κ1) is 23.1. The molecule has 0 saturated carbocycles. The van der Waals surface area contributed by atoms with Gasteiger partial charge in [0.25, 0.3) is 5.56 Å². The maximum Gasteiger partial charge on any atom is 0.262 e. The van der Waals surface area contributed by atoms with Crippen LogP contribution in [0.3, 0.4) is 0 Å². The lowest BCUT2D eigenvalue weighted by Crippen LogP contribution is -2.30. The Bertz CT molecular complexity index is 1210. The van der Waals surface area contributed by atoms with Crippen molar-refractivity contribution in [3.63, 3.8) is 0 Å². The fourth-order valence-corrected chi connectivity index (χ4v) is 4.75. The highest BCUT2D eigenvalue weighted by Gasteiger charge is 2.19. The van der Waals surface area contributed by atoms with Gasteiger partial charge < -0.3 is 19.1 Å². The van der Waals surface area contributed by atoms with Gasteiger partial charge in [0.15, 0.2) is 16.7 Å². The molecule has 8 nitrogen and oxygen atoms in total. The van der Waals surface area contributed by atoms with Crippen molar-refractivity contribution in [2.45, 2.75) is 24.7 Å². The summed E-state index contributed by atoms with van der Waals surface area (Å²) in [5, 5.41) is 1.05. The van der Waals surface area contributed by atoms with E-state index in [1.807, 2.05) is 43.3 Å². The summed E-state index contributed by atoms with van der Waals surface area (Å²) in [5.74, 6) is 1.51. The first-order valence-electron chi connectivity index (χ1n) is 10.7. The van der Waals surface area contributed by atoms with Gasteiger partial charge in [0, 0.05) is 20.7 Å². The summed E-state index contributed by atoms with van der Waals surface area (Å²) in [7, 11) is 3.35. The number of fused-ring (bicyclic) bond motifs is 2. The number of hydrogen-bond acceptors (Lipinski definition) is 7. The van der Waals surface area contributed by atoms with Gasteiger partial charge in [-0.3, -0.25) is 14.2 Å². The lowest BCUT2D eigenvalue weighted by Gasteiger charge is -2.22. The molecule has 2 heterocycles. The third kappa shape index (κ3) is 5.15. The van der Waals surface area contributed by atoms with Crippen LogP contribution in [0.4, 0.5) is 0 Å². The second kappa shape index (κ2) is 10.3. The zero-order valence-electron chi connectivity index (χ0n) is 18.9. The quantitative estimate of drug-likeness (QED) is 0.370. The van der Waals surface area contributed by atoms with Gasteiger partial charge in [-0.25, -0.2) is 4.98 Å². The lowest BCUT2D eigenvalue weighted by atomic mass is 10.2. The third-order valence-corrected chi connectivity index (χ3v) is 6.34. The Balaban J connectivity index is 1.49. The average molecular weight is 470 g/mol. The van der Waals surface area contributed by atoms with E-state index < -0.39 is 0 Å². The Kier molecular flexibility index (Phi) is 7.20. The van der Waals surface area contributed by atoms with Crippen LogP contribution >= 0.6 is 11.8 Å². The maximum absolute atomic E-state index is 13.1. The summed E-state index contributed by atoms with van der Waals surface area (Å²) >= 11 is 1.26. The molecule has 0 unspecified atom stereocenters. The Labute approximate surface area is 196 Å². The van der Waals surface area contributed by atoms with Crippen molar-refractivity contribution in [2.24, 2.45) is 0 Å². The monoisotopic (exact) mass is 469 g/mol. The number of para-hydroxylation sites is 1. The molecule has 2 aromatic carbocycles. The molecule has 0 bridgehead atoms. The Hall–Kier alpha value is -3.04. The normalized spacial score (nSPS) is 13.7. The Morgan fingerprint density at radius 3 is 2.76 bits per heavy atom. The molecule has 1 amide bonds. The minimum atomic E-state index is -0.215. The molecule has 0 radical (unpaired) electrons. The summed E-state index contributed by atoms with van der Waals surface area (Å²) in [4.78, 5) is 32.3. The molecule has 1 aliphatic heterocycles. The molecular weight excluding hydrogens is 442 g/mol. The fourth-order valence-electron chi connectivity index (χ4n) is 3.72. The SMILES string of the molecule is COC[C@H](C)n1c(SCC(=O)N(C)Cc2ccc3c(c2)OCCO3)nc2ccccc2c1=O. The molecular formula is C24H27N3O5S. The van der Waals surface area contributed by atoms with Crippen LogP contribution in [0.1, 0.15) is 18.5 Å². The smallest absolute Gasteiger partial charge is 0.262 e. The van der Waals surface area contributed by atoms with Crippen molar-refractivity contribution in [3.05, 3.63) is 58.4 Å². The highest BCUT2D eigenvalue weighted by molar-refractivity contribution is 7.99. The summed E-state index contributed by atoms with van der Waals surface area (Å²) < 4.78 is 18.1. The molecule has 0 fully saturated rings. The first-order chi connectivity index (χ1) is 16.0. The largest absolute Gasteiger partial charge is 0.486 e. The van der Waals surface area contributed by atoms with Crippen molar-refractivity contribution in [1.29, 1.82) is 0 Å². The molecule has 0 spiro atoms. The molecule has 0 N–H and O–H groups in total. The van der Waals surface area contributed by atoms with E-state index in [-0.39, 0.29) is 23.3 Å². The van der Waals surface area contributed by atoms with Crippen LogP contribution in [0.25, 0.3) is 10.9 Å². The van der Waals surface area contributed by atoms with Crippen molar-refractivity contribution in [1.82, 2.24) is 14.5 Å². The second-order valence-corrected chi connectivity index (χ2v) is 8.85. The predicted octanol–water partition coefficient (Wildman–Crippen LogP) is 3.13. The second-order valence-electron chi connectivity index (χ2n) is 7.91. The molecule has 3 aromatic rings. The van der Waals surface area contributed by atoms with E-state index in [4.69, 9.17) is 14.2 Å². The molecule has 9 heteroatoms. The van der Waals surface area contributed by atoms with E-state index in [1.54, 1.807) is 29.7 Å². The topological polar surface area (TPSA) is 82.9 Å². The van der Waals surface area contributed by atoms with Crippen molar-refractivity contribution in [2.75, 3.05) is 39.7 Å². The summed E-state index contributed by atoms with van der Waals surface area (Å²) in [6.45, 7) is 3.77. The summed E-state index contributed by atoms with van der Waals surface area (Å²) in [5.41, 5.74) is 1.43. The van der Waals surface area contributed by atoms with E-state index in [9.17, 15) is 9.59 Å². The molecule has 1 aliphatic rings. The Morgan fingerprint density at radius 1 is 1.21 bits per heavy atom. The van der Waals surface area contributed by atoms with E-state index in [2.05, 4.69) is 4.98 Å². The fraction of sp³-hybridized carbons (Fsp3) is 0.375. The number of carbonyl (C=O) groups excluding carboxylic acids is 1. The number of methoxy groups -OCH3 is 1. The van der Waals surface area contributed by atoms with Crippen LogP contribution < -0.4 is 15.0 Å².